The Morgan fingerprint density at radius 3 is 2.39 bits per heavy atom. The molecule has 0 aliphatic heterocycles. The zero-order valence-electron chi connectivity index (χ0n) is 11.2. The standard InChI is InChI=1S/C14H22N2O2/c1-14(2,13(17)18)9-12(16-3)8-10-4-6-11(15)7-5-10/h4-7,12,16H,8-9,15H2,1-3H3,(H,17,18). The second-order valence-electron chi connectivity index (χ2n) is 5.32. The number of carboxylic acid groups (broad SMARTS) is 1. The molecule has 100 valence electrons. The molecule has 1 unspecified atom stereocenters. The summed E-state index contributed by atoms with van der Waals surface area (Å²) in [6.45, 7) is 3.51. The van der Waals surface area contributed by atoms with Gasteiger partial charge in [0, 0.05) is 11.7 Å². The summed E-state index contributed by atoms with van der Waals surface area (Å²) in [5, 5.41) is 12.3. The molecule has 0 bridgehead atoms. The highest BCUT2D eigenvalue weighted by atomic mass is 16.4. The average Bonchev–Trinajstić information content (AvgIpc) is 2.30. The van der Waals surface area contributed by atoms with Crippen molar-refractivity contribution in [3.63, 3.8) is 0 Å². The number of nitrogens with two attached hydrogens (primary N) is 1. The van der Waals surface area contributed by atoms with Gasteiger partial charge in [0.2, 0.25) is 0 Å². The molecule has 1 aromatic rings. The fourth-order valence-corrected chi connectivity index (χ4v) is 1.92. The van der Waals surface area contributed by atoms with Crippen molar-refractivity contribution in [3.8, 4) is 0 Å². The molecule has 18 heavy (non-hydrogen) atoms. The molecular weight excluding hydrogens is 228 g/mol. The maximum absolute atomic E-state index is 11.1. The molecule has 0 aromatic heterocycles. The SMILES string of the molecule is CNC(Cc1ccc(N)cc1)CC(C)(C)C(=O)O. The predicted molar refractivity (Wildman–Crippen MR) is 73.4 cm³/mol. The van der Waals surface area contributed by atoms with Crippen LogP contribution in [0.2, 0.25) is 0 Å². The third-order valence-electron chi connectivity index (χ3n) is 3.21. The molecule has 1 aromatic carbocycles. The van der Waals surface area contributed by atoms with E-state index in [1.54, 1.807) is 13.8 Å². The van der Waals surface area contributed by atoms with Crippen LogP contribution < -0.4 is 11.1 Å². The molecule has 0 saturated heterocycles. The number of carbonyl (C=O) groups is 1. The Balaban J connectivity index is 2.68. The Morgan fingerprint density at radius 2 is 1.94 bits per heavy atom. The van der Waals surface area contributed by atoms with Gasteiger partial charge in [-0.2, -0.15) is 0 Å². The van der Waals surface area contributed by atoms with E-state index in [1.807, 2.05) is 31.3 Å². The van der Waals surface area contributed by atoms with Crippen molar-refractivity contribution in [2.75, 3.05) is 12.8 Å². The quantitative estimate of drug-likeness (QED) is 0.674. The smallest absolute Gasteiger partial charge is 0.309 e. The number of benzene rings is 1. The van der Waals surface area contributed by atoms with Crippen molar-refractivity contribution in [3.05, 3.63) is 29.8 Å². The Labute approximate surface area is 108 Å². The summed E-state index contributed by atoms with van der Waals surface area (Å²) in [5.41, 5.74) is 6.82. The van der Waals surface area contributed by atoms with E-state index in [0.717, 1.165) is 17.7 Å². The van der Waals surface area contributed by atoms with Gasteiger partial charge in [0.1, 0.15) is 0 Å². The van der Waals surface area contributed by atoms with Crippen LogP contribution in [0.5, 0.6) is 0 Å². The van der Waals surface area contributed by atoms with E-state index in [1.165, 1.54) is 0 Å². The second-order valence-corrected chi connectivity index (χ2v) is 5.32. The van der Waals surface area contributed by atoms with E-state index in [4.69, 9.17) is 10.8 Å². The molecule has 4 heteroatoms. The van der Waals surface area contributed by atoms with Crippen molar-refractivity contribution in [1.29, 1.82) is 0 Å². The van der Waals surface area contributed by atoms with Crippen LogP contribution in [0.15, 0.2) is 24.3 Å². The Morgan fingerprint density at radius 1 is 1.39 bits per heavy atom. The molecule has 1 atom stereocenters. The van der Waals surface area contributed by atoms with E-state index in [-0.39, 0.29) is 6.04 Å². The number of carboxylic acids is 1. The lowest BCUT2D eigenvalue weighted by Gasteiger charge is -2.25. The lowest BCUT2D eigenvalue weighted by atomic mass is 9.84. The van der Waals surface area contributed by atoms with Gasteiger partial charge in [-0.1, -0.05) is 12.1 Å². The van der Waals surface area contributed by atoms with Crippen molar-refractivity contribution in [2.45, 2.75) is 32.7 Å². The molecular formula is C14H22N2O2. The number of aliphatic carboxylic acids is 1. The Bertz CT molecular complexity index is 399. The van der Waals surface area contributed by atoms with Crippen molar-refractivity contribution in [2.24, 2.45) is 5.41 Å². The van der Waals surface area contributed by atoms with Crippen LogP contribution in [-0.2, 0) is 11.2 Å². The molecule has 0 aliphatic rings. The fourth-order valence-electron chi connectivity index (χ4n) is 1.92. The molecule has 4 N–H and O–H groups in total. The summed E-state index contributed by atoms with van der Waals surface area (Å²) < 4.78 is 0. The molecule has 0 saturated carbocycles. The summed E-state index contributed by atoms with van der Waals surface area (Å²) in [6.07, 6.45) is 1.39. The summed E-state index contributed by atoms with van der Waals surface area (Å²) in [4.78, 5) is 11.1. The minimum absolute atomic E-state index is 0.139. The molecule has 0 heterocycles. The van der Waals surface area contributed by atoms with Gasteiger partial charge in [-0.25, -0.2) is 0 Å². The molecule has 4 nitrogen and oxygen atoms in total. The van der Waals surface area contributed by atoms with E-state index < -0.39 is 11.4 Å². The predicted octanol–water partition coefficient (Wildman–Crippen LogP) is 1.90. The number of nitrogens with one attached hydrogen (secondary N) is 1. The highest BCUT2D eigenvalue weighted by molar-refractivity contribution is 5.73. The average molecular weight is 250 g/mol. The number of nitrogen functional groups attached to an aromatic ring is 1. The molecule has 0 spiro atoms. The van der Waals surface area contributed by atoms with E-state index in [0.29, 0.717) is 6.42 Å². The number of hydrogen-bond acceptors (Lipinski definition) is 3. The minimum Gasteiger partial charge on any atom is -0.481 e. The zero-order chi connectivity index (χ0) is 13.8. The van der Waals surface area contributed by atoms with E-state index in [2.05, 4.69) is 5.32 Å². The largest absolute Gasteiger partial charge is 0.481 e. The van der Waals surface area contributed by atoms with Crippen LogP contribution in [0, 0.1) is 5.41 Å². The third-order valence-corrected chi connectivity index (χ3v) is 3.21. The number of likely N-dealkylation sites (N-methyl/N-ethyl adjacent to an activating group) is 1. The van der Waals surface area contributed by atoms with Gasteiger partial charge in [-0.3, -0.25) is 4.79 Å². The van der Waals surface area contributed by atoms with Crippen LogP contribution in [-0.4, -0.2) is 24.2 Å². The Hall–Kier alpha value is -1.55. The van der Waals surface area contributed by atoms with Crippen LogP contribution in [0.3, 0.4) is 0 Å². The topological polar surface area (TPSA) is 75.3 Å². The molecule has 0 fully saturated rings. The van der Waals surface area contributed by atoms with Gasteiger partial charge in [-0.15, -0.1) is 0 Å². The number of anilines is 1. The van der Waals surface area contributed by atoms with E-state index in [9.17, 15) is 4.79 Å². The first-order valence-electron chi connectivity index (χ1n) is 6.10. The maximum Gasteiger partial charge on any atom is 0.309 e. The van der Waals surface area contributed by atoms with Gasteiger partial charge < -0.3 is 16.2 Å². The molecule has 0 aliphatic carbocycles. The van der Waals surface area contributed by atoms with Crippen LogP contribution in [0.4, 0.5) is 5.69 Å². The number of hydrogen-bond donors (Lipinski definition) is 3. The van der Waals surface area contributed by atoms with Gasteiger partial charge in [0.15, 0.2) is 0 Å². The first-order valence-corrected chi connectivity index (χ1v) is 6.10. The van der Waals surface area contributed by atoms with Crippen LogP contribution in [0.25, 0.3) is 0 Å². The van der Waals surface area contributed by atoms with Gasteiger partial charge in [0.05, 0.1) is 5.41 Å². The van der Waals surface area contributed by atoms with Crippen molar-refractivity contribution >= 4 is 11.7 Å². The Kier molecular flexibility index (Phi) is 4.73. The lowest BCUT2D eigenvalue weighted by molar-refractivity contribution is -0.147. The van der Waals surface area contributed by atoms with Crippen LogP contribution in [0.1, 0.15) is 25.8 Å². The molecule has 0 amide bonds. The second kappa shape index (κ2) is 5.87. The highest BCUT2D eigenvalue weighted by Gasteiger charge is 2.30. The molecule has 1 rings (SSSR count). The van der Waals surface area contributed by atoms with E-state index >= 15 is 0 Å². The van der Waals surface area contributed by atoms with Crippen molar-refractivity contribution < 1.29 is 9.90 Å². The zero-order valence-corrected chi connectivity index (χ0v) is 11.2. The van der Waals surface area contributed by atoms with Crippen LogP contribution >= 0.6 is 0 Å². The fraction of sp³-hybridized carbons (Fsp3) is 0.500. The summed E-state index contributed by atoms with van der Waals surface area (Å²) >= 11 is 0. The minimum atomic E-state index is -0.764. The summed E-state index contributed by atoms with van der Waals surface area (Å²) in [6, 6.07) is 7.83. The highest BCUT2D eigenvalue weighted by Crippen LogP contribution is 2.24. The van der Waals surface area contributed by atoms with Gasteiger partial charge in [-0.05, 0) is 51.4 Å². The summed E-state index contributed by atoms with van der Waals surface area (Å²) in [5.74, 6) is -0.764. The lowest BCUT2D eigenvalue weighted by Crippen LogP contribution is -2.36. The summed E-state index contributed by atoms with van der Waals surface area (Å²) in [7, 11) is 1.86. The van der Waals surface area contributed by atoms with Crippen molar-refractivity contribution in [1.82, 2.24) is 5.32 Å². The third kappa shape index (κ3) is 4.04. The normalized spacial score (nSPS) is 13.3. The number of rotatable bonds is 6. The van der Waals surface area contributed by atoms with Gasteiger partial charge in [0.25, 0.3) is 0 Å². The first kappa shape index (κ1) is 14.5. The first-order chi connectivity index (χ1) is 8.35. The molecule has 0 radical (unpaired) electrons. The maximum atomic E-state index is 11.1. The monoisotopic (exact) mass is 250 g/mol. The van der Waals surface area contributed by atoms with Gasteiger partial charge >= 0.3 is 5.97 Å².